The van der Waals surface area contributed by atoms with Crippen molar-refractivity contribution in [2.75, 3.05) is 6.54 Å². The average molecular weight is 253 g/mol. The van der Waals surface area contributed by atoms with Gasteiger partial charge in [-0.3, -0.25) is 4.79 Å². The van der Waals surface area contributed by atoms with Gasteiger partial charge in [-0.25, -0.2) is 0 Å². The summed E-state index contributed by atoms with van der Waals surface area (Å²) in [6, 6.07) is 0.620. The van der Waals surface area contributed by atoms with Crippen LogP contribution < -0.4 is 5.32 Å². The van der Waals surface area contributed by atoms with E-state index in [2.05, 4.69) is 12.2 Å². The number of esters is 1. The van der Waals surface area contributed by atoms with Crippen LogP contribution in [0.25, 0.3) is 0 Å². The van der Waals surface area contributed by atoms with Gasteiger partial charge in [0.15, 0.2) is 0 Å². The van der Waals surface area contributed by atoms with E-state index in [-0.39, 0.29) is 18.0 Å². The molecule has 0 radical (unpaired) electrons. The molecule has 2 saturated heterocycles. The topological polar surface area (TPSA) is 38.3 Å². The van der Waals surface area contributed by atoms with Crippen LogP contribution >= 0.6 is 0 Å². The smallest absolute Gasteiger partial charge is 0.313 e. The molecule has 3 nitrogen and oxygen atoms in total. The van der Waals surface area contributed by atoms with Crippen LogP contribution in [0.15, 0.2) is 0 Å². The predicted molar refractivity (Wildman–Crippen MR) is 72.4 cm³/mol. The maximum absolute atomic E-state index is 11.4. The summed E-state index contributed by atoms with van der Waals surface area (Å²) in [7, 11) is 0. The second kappa shape index (κ2) is 7.13. The van der Waals surface area contributed by atoms with Crippen LogP contribution in [0.3, 0.4) is 0 Å². The molecule has 2 aliphatic rings. The number of hydrogen-bond donors (Lipinski definition) is 1. The minimum absolute atomic E-state index is 0.0332. The van der Waals surface area contributed by atoms with Gasteiger partial charge in [-0.1, -0.05) is 45.4 Å². The molecule has 0 aliphatic carbocycles. The van der Waals surface area contributed by atoms with Crippen molar-refractivity contribution >= 4 is 5.97 Å². The minimum atomic E-state index is 0.0332. The van der Waals surface area contributed by atoms with E-state index in [0.717, 1.165) is 13.0 Å². The second-order valence-corrected chi connectivity index (χ2v) is 5.82. The molecule has 18 heavy (non-hydrogen) atoms. The van der Waals surface area contributed by atoms with E-state index in [1.54, 1.807) is 0 Å². The Bertz CT molecular complexity index is 267. The summed E-state index contributed by atoms with van der Waals surface area (Å²) in [4.78, 5) is 11.4. The summed E-state index contributed by atoms with van der Waals surface area (Å²) < 4.78 is 5.27. The Kier molecular flexibility index (Phi) is 5.48. The SMILES string of the molecule is CCCC1CCCCCCCC2C(=O)OC2CN1. The van der Waals surface area contributed by atoms with Crippen molar-refractivity contribution in [2.24, 2.45) is 5.92 Å². The largest absolute Gasteiger partial charge is 0.460 e. The van der Waals surface area contributed by atoms with Gasteiger partial charge < -0.3 is 10.1 Å². The number of ether oxygens (including phenoxy) is 1. The van der Waals surface area contributed by atoms with Crippen molar-refractivity contribution in [1.82, 2.24) is 5.32 Å². The summed E-state index contributed by atoms with van der Waals surface area (Å²) in [5, 5.41) is 3.61. The molecule has 0 spiro atoms. The van der Waals surface area contributed by atoms with Crippen LogP contribution in [0.5, 0.6) is 0 Å². The average Bonchev–Trinajstić information content (AvgIpc) is 2.35. The molecule has 3 atom stereocenters. The molecule has 2 aliphatic heterocycles. The number of nitrogens with one attached hydrogen (secondary N) is 1. The summed E-state index contributed by atoms with van der Waals surface area (Å²) in [6.07, 6.45) is 11.4. The molecular formula is C15H27NO2. The quantitative estimate of drug-likeness (QED) is 0.769. The molecule has 2 heterocycles. The maximum Gasteiger partial charge on any atom is 0.313 e. The lowest BCUT2D eigenvalue weighted by Crippen LogP contribution is -2.52. The predicted octanol–water partition coefficient (Wildman–Crippen LogP) is 3.03. The second-order valence-electron chi connectivity index (χ2n) is 5.82. The van der Waals surface area contributed by atoms with E-state index in [9.17, 15) is 4.79 Å². The molecule has 104 valence electrons. The summed E-state index contributed by atoms with van der Waals surface area (Å²) in [5.74, 6) is 0.213. The van der Waals surface area contributed by atoms with Gasteiger partial charge in [-0.15, -0.1) is 0 Å². The Balaban J connectivity index is 1.84. The third-order valence-corrected chi connectivity index (χ3v) is 4.33. The zero-order chi connectivity index (χ0) is 12.8. The van der Waals surface area contributed by atoms with Gasteiger partial charge in [0.2, 0.25) is 0 Å². The first-order chi connectivity index (χ1) is 8.81. The number of fused-ring (bicyclic) bond motifs is 1. The first-order valence-corrected chi connectivity index (χ1v) is 7.75. The molecule has 3 unspecified atom stereocenters. The van der Waals surface area contributed by atoms with E-state index in [0.29, 0.717) is 6.04 Å². The lowest BCUT2D eigenvalue weighted by atomic mass is 9.89. The molecule has 0 aromatic heterocycles. The van der Waals surface area contributed by atoms with Crippen molar-refractivity contribution in [3.63, 3.8) is 0 Å². The molecule has 0 saturated carbocycles. The lowest BCUT2D eigenvalue weighted by Gasteiger charge is -2.36. The van der Waals surface area contributed by atoms with E-state index < -0.39 is 0 Å². The van der Waals surface area contributed by atoms with Gasteiger partial charge in [-0.05, 0) is 19.3 Å². The van der Waals surface area contributed by atoms with E-state index in [4.69, 9.17) is 4.74 Å². The third-order valence-electron chi connectivity index (χ3n) is 4.33. The highest BCUT2D eigenvalue weighted by Crippen LogP contribution is 2.28. The minimum Gasteiger partial charge on any atom is -0.460 e. The van der Waals surface area contributed by atoms with Crippen LogP contribution in [0.4, 0.5) is 0 Å². The Morgan fingerprint density at radius 2 is 1.89 bits per heavy atom. The van der Waals surface area contributed by atoms with Crippen LogP contribution in [0.1, 0.15) is 64.7 Å². The molecule has 0 bridgehead atoms. The Morgan fingerprint density at radius 1 is 1.17 bits per heavy atom. The van der Waals surface area contributed by atoms with Gasteiger partial charge in [0, 0.05) is 12.6 Å². The monoisotopic (exact) mass is 253 g/mol. The maximum atomic E-state index is 11.4. The fourth-order valence-electron chi connectivity index (χ4n) is 3.15. The molecule has 1 N–H and O–H groups in total. The Hall–Kier alpha value is -0.570. The molecule has 0 amide bonds. The number of carbonyl (C=O) groups is 1. The molecule has 2 rings (SSSR count). The summed E-state index contributed by atoms with van der Waals surface area (Å²) in [5.41, 5.74) is 0. The van der Waals surface area contributed by atoms with Gasteiger partial charge in [0.25, 0.3) is 0 Å². The van der Waals surface area contributed by atoms with Crippen LogP contribution in [-0.4, -0.2) is 24.7 Å². The Labute approximate surface area is 111 Å². The number of rotatable bonds is 2. The highest BCUT2D eigenvalue weighted by Gasteiger charge is 2.41. The van der Waals surface area contributed by atoms with Crippen LogP contribution in [-0.2, 0) is 9.53 Å². The van der Waals surface area contributed by atoms with Gasteiger partial charge in [0.1, 0.15) is 6.10 Å². The molecule has 3 heteroatoms. The fourth-order valence-corrected chi connectivity index (χ4v) is 3.15. The van der Waals surface area contributed by atoms with E-state index >= 15 is 0 Å². The zero-order valence-corrected chi connectivity index (χ0v) is 11.6. The highest BCUT2D eigenvalue weighted by atomic mass is 16.6. The summed E-state index contributed by atoms with van der Waals surface area (Å²) >= 11 is 0. The molecule has 0 aromatic carbocycles. The van der Waals surface area contributed by atoms with Gasteiger partial charge in [0.05, 0.1) is 5.92 Å². The summed E-state index contributed by atoms with van der Waals surface area (Å²) in [6.45, 7) is 3.10. The van der Waals surface area contributed by atoms with E-state index in [1.165, 1.54) is 51.4 Å². The number of hydrogen-bond acceptors (Lipinski definition) is 3. The van der Waals surface area contributed by atoms with Gasteiger partial charge in [-0.2, -0.15) is 0 Å². The van der Waals surface area contributed by atoms with Crippen LogP contribution in [0.2, 0.25) is 0 Å². The lowest BCUT2D eigenvalue weighted by molar-refractivity contribution is -0.184. The fraction of sp³-hybridized carbons (Fsp3) is 0.933. The van der Waals surface area contributed by atoms with Crippen molar-refractivity contribution < 1.29 is 9.53 Å². The first-order valence-electron chi connectivity index (χ1n) is 7.75. The van der Waals surface area contributed by atoms with Crippen molar-refractivity contribution in [2.45, 2.75) is 76.9 Å². The molecule has 0 aromatic rings. The standard InChI is InChI=1S/C15H27NO2/c1-2-8-12-9-6-4-3-5-7-10-13-14(11-16-12)18-15(13)17/h12-14,16H,2-11H2,1H3. The number of carbonyl (C=O) groups excluding carboxylic acids is 1. The highest BCUT2D eigenvalue weighted by molar-refractivity contribution is 5.78. The first kappa shape index (κ1) is 13.9. The Morgan fingerprint density at radius 3 is 2.61 bits per heavy atom. The van der Waals surface area contributed by atoms with Crippen molar-refractivity contribution in [3.8, 4) is 0 Å². The van der Waals surface area contributed by atoms with Crippen LogP contribution in [0, 0.1) is 5.92 Å². The van der Waals surface area contributed by atoms with Crippen molar-refractivity contribution in [1.29, 1.82) is 0 Å². The molecule has 2 fully saturated rings. The van der Waals surface area contributed by atoms with E-state index in [1.807, 2.05) is 0 Å². The normalized spacial score (nSPS) is 34.5. The third kappa shape index (κ3) is 3.71. The molecular weight excluding hydrogens is 226 g/mol. The van der Waals surface area contributed by atoms with Gasteiger partial charge >= 0.3 is 5.97 Å². The zero-order valence-electron chi connectivity index (χ0n) is 11.6. The van der Waals surface area contributed by atoms with Crippen molar-refractivity contribution in [3.05, 3.63) is 0 Å².